The molecule has 2 N–H and O–H groups in total. The fraction of sp³-hybridized carbons (Fsp3) is 0.650. The highest BCUT2D eigenvalue weighted by molar-refractivity contribution is 5.79. The topological polar surface area (TPSA) is 58.1 Å². The molecule has 152 valence electrons. The van der Waals surface area contributed by atoms with Gasteiger partial charge in [0.05, 0.1) is 18.8 Å². The number of rotatable bonds is 8. The summed E-state index contributed by atoms with van der Waals surface area (Å²) in [6, 6.07) is 6.36. The monoisotopic (exact) mass is 380 g/mol. The fourth-order valence-electron chi connectivity index (χ4n) is 3.22. The van der Waals surface area contributed by atoms with Crippen LogP contribution in [0.2, 0.25) is 0 Å². The Bertz CT molecular complexity index is 580. The summed E-state index contributed by atoms with van der Waals surface area (Å²) in [5, 5.41) is 6.59. The summed E-state index contributed by atoms with van der Waals surface area (Å²) in [5.41, 5.74) is 0.918. The first-order chi connectivity index (χ1) is 13.0. The third-order valence-corrected chi connectivity index (χ3v) is 4.55. The first kappa shape index (κ1) is 21.6. The van der Waals surface area contributed by atoms with E-state index in [9.17, 15) is 4.39 Å². The normalized spacial score (nSPS) is 19.9. The van der Waals surface area contributed by atoms with Gasteiger partial charge in [-0.3, -0.25) is 9.89 Å². The lowest BCUT2D eigenvalue weighted by Crippen LogP contribution is -2.50. The lowest BCUT2D eigenvalue weighted by atomic mass is 10.1. The number of methoxy groups -OCH3 is 1. The van der Waals surface area contributed by atoms with Crippen LogP contribution >= 0.6 is 0 Å². The molecule has 0 aliphatic carbocycles. The van der Waals surface area contributed by atoms with Crippen molar-refractivity contribution < 1.29 is 13.9 Å². The van der Waals surface area contributed by atoms with Gasteiger partial charge in [-0.15, -0.1) is 0 Å². The summed E-state index contributed by atoms with van der Waals surface area (Å²) >= 11 is 0. The Labute approximate surface area is 162 Å². The van der Waals surface area contributed by atoms with Gasteiger partial charge in [-0.05, 0) is 23.6 Å². The van der Waals surface area contributed by atoms with Crippen molar-refractivity contribution in [3.63, 3.8) is 0 Å². The van der Waals surface area contributed by atoms with Gasteiger partial charge in [0.25, 0.3) is 0 Å². The lowest BCUT2D eigenvalue weighted by Gasteiger charge is -2.34. The first-order valence-electron chi connectivity index (χ1n) is 9.58. The molecule has 2 unspecified atom stereocenters. The van der Waals surface area contributed by atoms with E-state index < -0.39 is 0 Å². The van der Waals surface area contributed by atoms with Crippen molar-refractivity contribution in [3.8, 4) is 0 Å². The van der Waals surface area contributed by atoms with Gasteiger partial charge in [0.1, 0.15) is 5.82 Å². The molecule has 1 saturated heterocycles. The van der Waals surface area contributed by atoms with Crippen LogP contribution in [0, 0.1) is 11.7 Å². The second-order valence-electron chi connectivity index (χ2n) is 7.26. The molecule has 2 rings (SSSR count). The summed E-state index contributed by atoms with van der Waals surface area (Å²) < 4.78 is 24.5. The van der Waals surface area contributed by atoms with Crippen molar-refractivity contribution in [1.82, 2.24) is 15.5 Å². The summed E-state index contributed by atoms with van der Waals surface area (Å²) in [7, 11) is 3.38. The summed E-state index contributed by atoms with van der Waals surface area (Å²) in [4.78, 5) is 6.71. The van der Waals surface area contributed by atoms with Crippen LogP contribution in [0.3, 0.4) is 0 Å². The summed E-state index contributed by atoms with van der Waals surface area (Å²) in [5.74, 6) is 1.10. The Kier molecular flexibility index (Phi) is 8.97. The van der Waals surface area contributed by atoms with Crippen LogP contribution in [0.5, 0.6) is 0 Å². The maximum Gasteiger partial charge on any atom is 0.191 e. The van der Waals surface area contributed by atoms with Crippen molar-refractivity contribution in [3.05, 3.63) is 35.6 Å². The molecule has 0 saturated carbocycles. The van der Waals surface area contributed by atoms with Crippen LogP contribution in [0.1, 0.15) is 25.5 Å². The highest BCUT2D eigenvalue weighted by Gasteiger charge is 2.21. The molecule has 0 bridgehead atoms. The zero-order chi connectivity index (χ0) is 19.6. The van der Waals surface area contributed by atoms with Crippen LogP contribution in [0.25, 0.3) is 0 Å². The predicted octanol–water partition coefficient (Wildman–Crippen LogP) is 2.03. The molecule has 2 atom stereocenters. The molecule has 7 heteroatoms. The molecule has 1 aromatic carbocycles. The highest BCUT2D eigenvalue weighted by atomic mass is 19.1. The van der Waals surface area contributed by atoms with E-state index in [1.807, 2.05) is 0 Å². The van der Waals surface area contributed by atoms with E-state index in [4.69, 9.17) is 9.47 Å². The quantitative estimate of drug-likeness (QED) is 0.534. The number of aliphatic imine (C=N–C) groups is 1. The number of benzene rings is 1. The molecular weight excluding hydrogens is 347 g/mol. The van der Waals surface area contributed by atoms with E-state index >= 15 is 0 Å². The highest BCUT2D eigenvalue weighted by Crippen LogP contribution is 2.16. The molecular formula is C20H33FN4O2. The second kappa shape index (κ2) is 11.2. The average Bonchev–Trinajstić information content (AvgIpc) is 2.65. The number of hydrogen-bond donors (Lipinski definition) is 2. The van der Waals surface area contributed by atoms with Gasteiger partial charge in [-0.1, -0.05) is 26.0 Å². The standard InChI is InChI=1S/C20H33FN4O2/c1-15(2)13-25-9-10-27-18(14-25)11-23-20(22-3)24-12-19(26-4)16-5-7-17(21)8-6-16/h5-8,15,18-19H,9-14H2,1-4H3,(H2,22,23,24). The minimum Gasteiger partial charge on any atom is -0.375 e. The maximum atomic E-state index is 13.1. The number of halogens is 1. The molecule has 0 amide bonds. The van der Waals surface area contributed by atoms with Crippen LogP contribution in [-0.4, -0.2) is 70.5 Å². The number of guanidine groups is 1. The third-order valence-electron chi connectivity index (χ3n) is 4.55. The number of hydrogen-bond acceptors (Lipinski definition) is 4. The summed E-state index contributed by atoms with van der Waals surface area (Å²) in [6.07, 6.45) is -0.0389. The SMILES string of the molecule is CN=C(NCC1CN(CC(C)C)CCO1)NCC(OC)c1ccc(F)cc1. The van der Waals surface area contributed by atoms with Crippen molar-refractivity contribution >= 4 is 5.96 Å². The van der Waals surface area contributed by atoms with E-state index in [1.54, 1.807) is 26.3 Å². The molecule has 27 heavy (non-hydrogen) atoms. The Morgan fingerprint density at radius 1 is 1.33 bits per heavy atom. The molecule has 1 aliphatic heterocycles. The number of nitrogens with one attached hydrogen (secondary N) is 2. The first-order valence-corrected chi connectivity index (χ1v) is 9.58. The predicted molar refractivity (Wildman–Crippen MR) is 107 cm³/mol. The Hall–Kier alpha value is -1.70. The van der Waals surface area contributed by atoms with Gasteiger partial charge < -0.3 is 20.1 Å². The molecule has 0 aromatic heterocycles. The minimum absolute atomic E-state index is 0.145. The molecule has 1 fully saturated rings. The Morgan fingerprint density at radius 2 is 2.07 bits per heavy atom. The Balaban J connectivity index is 1.78. The number of morpholine rings is 1. The van der Waals surface area contributed by atoms with Crippen molar-refractivity contribution in [2.45, 2.75) is 26.1 Å². The second-order valence-corrected chi connectivity index (χ2v) is 7.26. The number of nitrogens with zero attached hydrogens (tertiary/aromatic N) is 2. The molecule has 6 nitrogen and oxygen atoms in total. The fourth-order valence-corrected chi connectivity index (χ4v) is 3.22. The van der Waals surface area contributed by atoms with E-state index in [-0.39, 0.29) is 18.0 Å². The lowest BCUT2D eigenvalue weighted by molar-refractivity contribution is -0.0284. The minimum atomic E-state index is -0.252. The zero-order valence-corrected chi connectivity index (χ0v) is 16.9. The molecule has 0 spiro atoms. The van der Waals surface area contributed by atoms with Gasteiger partial charge in [-0.25, -0.2) is 4.39 Å². The zero-order valence-electron chi connectivity index (χ0n) is 16.9. The van der Waals surface area contributed by atoms with E-state index in [1.165, 1.54) is 12.1 Å². The van der Waals surface area contributed by atoms with Crippen LogP contribution in [0.15, 0.2) is 29.3 Å². The molecule has 1 aliphatic rings. The van der Waals surface area contributed by atoms with Crippen LogP contribution in [-0.2, 0) is 9.47 Å². The van der Waals surface area contributed by atoms with Gasteiger partial charge in [-0.2, -0.15) is 0 Å². The summed E-state index contributed by atoms with van der Waals surface area (Å²) in [6.45, 7) is 9.49. The largest absolute Gasteiger partial charge is 0.375 e. The smallest absolute Gasteiger partial charge is 0.191 e. The van der Waals surface area contributed by atoms with E-state index in [2.05, 4.69) is 34.4 Å². The van der Waals surface area contributed by atoms with Crippen LogP contribution in [0.4, 0.5) is 4.39 Å². The van der Waals surface area contributed by atoms with E-state index in [0.29, 0.717) is 25.0 Å². The number of ether oxygens (including phenoxy) is 2. The maximum absolute atomic E-state index is 13.1. The third kappa shape index (κ3) is 7.44. The van der Waals surface area contributed by atoms with Gasteiger partial charge in [0.15, 0.2) is 5.96 Å². The van der Waals surface area contributed by atoms with Gasteiger partial charge in [0.2, 0.25) is 0 Å². The van der Waals surface area contributed by atoms with Crippen molar-refractivity contribution in [1.29, 1.82) is 0 Å². The average molecular weight is 381 g/mol. The van der Waals surface area contributed by atoms with Crippen molar-refractivity contribution in [2.75, 3.05) is 53.5 Å². The van der Waals surface area contributed by atoms with Crippen LogP contribution < -0.4 is 10.6 Å². The van der Waals surface area contributed by atoms with Gasteiger partial charge >= 0.3 is 0 Å². The Morgan fingerprint density at radius 3 is 2.70 bits per heavy atom. The van der Waals surface area contributed by atoms with E-state index in [0.717, 1.165) is 31.8 Å². The molecule has 1 aromatic rings. The molecule has 0 radical (unpaired) electrons. The molecule has 1 heterocycles. The van der Waals surface area contributed by atoms with Gasteiger partial charge in [0, 0.05) is 46.9 Å². The van der Waals surface area contributed by atoms with Crippen molar-refractivity contribution in [2.24, 2.45) is 10.9 Å².